The quantitative estimate of drug-likeness (QED) is 0.736. The van der Waals surface area contributed by atoms with Gasteiger partial charge in [0, 0.05) is 6.54 Å². The molecule has 1 fully saturated rings. The van der Waals surface area contributed by atoms with E-state index in [2.05, 4.69) is 5.32 Å². The van der Waals surface area contributed by atoms with Crippen LogP contribution in [0.15, 0.2) is 18.2 Å². The number of nitrogens with one attached hydrogen (secondary N) is 1. The Balaban J connectivity index is 1.77. The van der Waals surface area contributed by atoms with Gasteiger partial charge in [-0.1, -0.05) is 42.1 Å². The number of carbonyl (C=O) groups is 1. The lowest BCUT2D eigenvalue weighted by Gasteiger charge is -2.23. The molecule has 1 aromatic carbocycles. The number of rotatable bonds is 6. The molecule has 4 N–H and O–H groups in total. The number of hydrogen-bond acceptors (Lipinski definition) is 4. The molecule has 2 rings (SSSR count). The van der Waals surface area contributed by atoms with Gasteiger partial charge in [0.25, 0.3) is 0 Å². The van der Waals surface area contributed by atoms with E-state index in [0.29, 0.717) is 28.6 Å². The summed E-state index contributed by atoms with van der Waals surface area (Å²) in [5, 5.41) is 13.2. The van der Waals surface area contributed by atoms with Crippen LogP contribution < -0.4 is 15.8 Å². The van der Waals surface area contributed by atoms with Crippen LogP contribution in [0.4, 0.5) is 0 Å². The maximum atomic E-state index is 12.0. The second kappa shape index (κ2) is 7.51. The molecule has 122 valence electrons. The van der Waals surface area contributed by atoms with Crippen molar-refractivity contribution in [1.29, 1.82) is 0 Å². The molecule has 1 aliphatic carbocycles. The van der Waals surface area contributed by atoms with Gasteiger partial charge < -0.3 is 20.9 Å². The highest BCUT2D eigenvalue weighted by Crippen LogP contribution is 2.31. The molecule has 1 atom stereocenters. The van der Waals surface area contributed by atoms with E-state index in [1.807, 2.05) is 0 Å². The molecule has 22 heavy (non-hydrogen) atoms. The summed E-state index contributed by atoms with van der Waals surface area (Å²) in [7, 11) is 0. The number of aliphatic hydroxyl groups is 1. The van der Waals surface area contributed by atoms with E-state index in [4.69, 9.17) is 33.7 Å². The minimum absolute atomic E-state index is 0.00207. The number of nitrogens with two attached hydrogens (primary N) is 1. The molecule has 5 nitrogen and oxygen atoms in total. The molecule has 1 amide bonds. The van der Waals surface area contributed by atoms with Crippen molar-refractivity contribution in [2.24, 2.45) is 5.73 Å². The second-order valence-corrected chi connectivity index (χ2v) is 6.38. The molecule has 7 heteroatoms. The summed E-state index contributed by atoms with van der Waals surface area (Å²) in [6, 6.07) is 5.01. The summed E-state index contributed by atoms with van der Waals surface area (Å²) < 4.78 is 5.41. The highest BCUT2D eigenvalue weighted by molar-refractivity contribution is 6.42. The van der Waals surface area contributed by atoms with Crippen molar-refractivity contribution in [2.45, 2.75) is 37.3 Å². The van der Waals surface area contributed by atoms with Crippen LogP contribution in [-0.4, -0.2) is 35.8 Å². The smallest absolute Gasteiger partial charge is 0.240 e. The lowest BCUT2D eigenvalue weighted by atomic mass is 9.98. The Morgan fingerprint density at radius 1 is 1.41 bits per heavy atom. The normalized spacial score (nSPS) is 18.0. The molecule has 0 aromatic heterocycles. The van der Waals surface area contributed by atoms with Gasteiger partial charge in [-0.25, -0.2) is 0 Å². The Bertz CT molecular complexity index is 534. The SMILES string of the molecule is NC1(C(=O)NCC(O)COc2cccc(Cl)c2Cl)CCCC1. The van der Waals surface area contributed by atoms with Crippen molar-refractivity contribution in [1.82, 2.24) is 5.32 Å². The van der Waals surface area contributed by atoms with Crippen LogP contribution in [-0.2, 0) is 4.79 Å². The van der Waals surface area contributed by atoms with Crippen LogP contribution in [0.1, 0.15) is 25.7 Å². The first-order valence-electron chi connectivity index (χ1n) is 7.24. The fraction of sp³-hybridized carbons (Fsp3) is 0.533. The molecule has 0 spiro atoms. The zero-order valence-corrected chi connectivity index (χ0v) is 13.7. The van der Waals surface area contributed by atoms with Gasteiger partial charge in [-0.3, -0.25) is 4.79 Å². The van der Waals surface area contributed by atoms with E-state index in [9.17, 15) is 9.90 Å². The number of carbonyl (C=O) groups excluding carboxylic acids is 1. The van der Waals surface area contributed by atoms with E-state index in [1.165, 1.54) is 0 Å². The van der Waals surface area contributed by atoms with Gasteiger partial charge >= 0.3 is 0 Å². The first-order valence-corrected chi connectivity index (χ1v) is 8.00. The van der Waals surface area contributed by atoms with Gasteiger partial charge in [-0.2, -0.15) is 0 Å². The summed E-state index contributed by atoms with van der Waals surface area (Å²) in [4.78, 5) is 12.0. The zero-order chi connectivity index (χ0) is 16.2. The monoisotopic (exact) mass is 346 g/mol. The fourth-order valence-electron chi connectivity index (χ4n) is 2.46. The minimum atomic E-state index is -0.857. The largest absolute Gasteiger partial charge is 0.489 e. The third-order valence-electron chi connectivity index (χ3n) is 3.79. The van der Waals surface area contributed by atoms with Gasteiger partial charge in [0.05, 0.1) is 10.6 Å². The zero-order valence-electron chi connectivity index (χ0n) is 12.1. The summed E-state index contributed by atoms with van der Waals surface area (Å²) in [6.07, 6.45) is 2.43. The van der Waals surface area contributed by atoms with E-state index >= 15 is 0 Å². The van der Waals surface area contributed by atoms with Crippen molar-refractivity contribution in [2.75, 3.05) is 13.2 Å². The Labute approximate surface area is 139 Å². The number of amides is 1. The van der Waals surface area contributed by atoms with E-state index in [0.717, 1.165) is 12.8 Å². The molecule has 0 aliphatic heterocycles. The highest BCUT2D eigenvalue weighted by atomic mass is 35.5. The van der Waals surface area contributed by atoms with E-state index < -0.39 is 11.6 Å². The van der Waals surface area contributed by atoms with Crippen LogP contribution in [0.25, 0.3) is 0 Å². The Morgan fingerprint density at radius 3 is 2.77 bits per heavy atom. The number of ether oxygens (including phenoxy) is 1. The highest BCUT2D eigenvalue weighted by Gasteiger charge is 2.36. The minimum Gasteiger partial charge on any atom is -0.489 e. The van der Waals surface area contributed by atoms with Crippen LogP contribution >= 0.6 is 23.2 Å². The van der Waals surface area contributed by atoms with Crippen LogP contribution in [0.2, 0.25) is 10.0 Å². The van der Waals surface area contributed by atoms with Gasteiger partial charge in [-0.15, -0.1) is 0 Å². The molecular weight excluding hydrogens is 327 g/mol. The maximum Gasteiger partial charge on any atom is 0.240 e. The number of aliphatic hydroxyl groups excluding tert-OH is 1. The Hall–Kier alpha value is -1.01. The third kappa shape index (κ3) is 4.26. The number of halogens is 2. The molecule has 1 saturated carbocycles. The average molecular weight is 347 g/mol. The predicted octanol–water partition coefficient (Wildman–Crippen LogP) is 2.12. The standard InChI is InChI=1S/C15H20Cl2N2O3/c16-11-4-3-5-12(13(11)17)22-9-10(20)8-19-14(21)15(18)6-1-2-7-15/h3-5,10,20H,1-2,6-9,18H2,(H,19,21). The summed E-state index contributed by atoms with van der Waals surface area (Å²) in [6.45, 7) is 0.0773. The predicted molar refractivity (Wildman–Crippen MR) is 86.4 cm³/mol. The molecule has 0 saturated heterocycles. The molecule has 0 radical (unpaired) electrons. The van der Waals surface area contributed by atoms with E-state index in [1.54, 1.807) is 18.2 Å². The lowest BCUT2D eigenvalue weighted by molar-refractivity contribution is -0.126. The first kappa shape index (κ1) is 17.3. The van der Waals surface area contributed by atoms with Crippen molar-refractivity contribution in [3.8, 4) is 5.75 Å². The second-order valence-electron chi connectivity index (χ2n) is 5.59. The number of benzene rings is 1. The topological polar surface area (TPSA) is 84.6 Å². The van der Waals surface area contributed by atoms with E-state index in [-0.39, 0.29) is 19.1 Å². The lowest BCUT2D eigenvalue weighted by Crippen LogP contribution is -2.53. The molecule has 0 bridgehead atoms. The molecule has 1 aromatic rings. The number of hydrogen-bond donors (Lipinski definition) is 3. The van der Waals surface area contributed by atoms with Crippen molar-refractivity contribution < 1.29 is 14.6 Å². The summed E-state index contributed by atoms with van der Waals surface area (Å²) in [5.74, 6) is 0.176. The maximum absolute atomic E-state index is 12.0. The Kier molecular flexibility index (Phi) is 5.92. The van der Waals surface area contributed by atoms with Gasteiger partial charge in [0.15, 0.2) is 0 Å². The molecule has 1 unspecified atom stereocenters. The molecule has 1 aliphatic rings. The molecular formula is C15H20Cl2N2O3. The van der Waals surface area contributed by atoms with Gasteiger partial charge in [0.2, 0.25) is 5.91 Å². The summed E-state index contributed by atoms with van der Waals surface area (Å²) in [5.41, 5.74) is 5.24. The van der Waals surface area contributed by atoms with Gasteiger partial charge in [-0.05, 0) is 25.0 Å². The fourth-order valence-corrected chi connectivity index (χ4v) is 2.81. The van der Waals surface area contributed by atoms with Crippen molar-refractivity contribution in [3.05, 3.63) is 28.2 Å². The third-order valence-corrected chi connectivity index (χ3v) is 4.60. The van der Waals surface area contributed by atoms with Gasteiger partial charge in [0.1, 0.15) is 23.5 Å². The first-order chi connectivity index (χ1) is 10.4. The van der Waals surface area contributed by atoms with Crippen molar-refractivity contribution in [3.63, 3.8) is 0 Å². The van der Waals surface area contributed by atoms with Crippen LogP contribution in [0.5, 0.6) is 5.75 Å². The van der Waals surface area contributed by atoms with Crippen LogP contribution in [0, 0.1) is 0 Å². The molecule has 0 heterocycles. The van der Waals surface area contributed by atoms with Crippen molar-refractivity contribution >= 4 is 29.1 Å². The summed E-state index contributed by atoms with van der Waals surface area (Å²) >= 11 is 11.9. The Morgan fingerprint density at radius 2 is 2.09 bits per heavy atom. The van der Waals surface area contributed by atoms with Crippen LogP contribution in [0.3, 0.4) is 0 Å². The average Bonchev–Trinajstić information content (AvgIpc) is 2.94.